The Morgan fingerprint density at radius 3 is 2.41 bits per heavy atom. The number of carbonyl (C=O) groups excluding carboxylic acids is 1. The van der Waals surface area contributed by atoms with Crippen LogP contribution in [-0.2, 0) is 17.6 Å². The SMILES string of the molecule is CCc1cccc(CC)c1NC(=O)CSc1nnc(Nc2cccc(C)c2C)s1. The maximum atomic E-state index is 12.5. The number of hydrogen-bond acceptors (Lipinski definition) is 6. The molecule has 0 radical (unpaired) electrons. The molecule has 1 amide bonds. The average Bonchev–Trinajstić information content (AvgIpc) is 3.17. The summed E-state index contributed by atoms with van der Waals surface area (Å²) in [5.74, 6) is 0.282. The Hall–Kier alpha value is -2.38. The lowest BCUT2D eigenvalue weighted by Crippen LogP contribution is -2.16. The topological polar surface area (TPSA) is 66.9 Å². The summed E-state index contributed by atoms with van der Waals surface area (Å²) in [6, 6.07) is 12.3. The van der Waals surface area contributed by atoms with E-state index in [1.54, 1.807) is 0 Å². The van der Waals surface area contributed by atoms with Gasteiger partial charge in [-0.1, -0.05) is 67.3 Å². The van der Waals surface area contributed by atoms with Crippen molar-refractivity contribution in [2.45, 2.75) is 44.9 Å². The molecule has 0 bridgehead atoms. The van der Waals surface area contributed by atoms with Crippen LogP contribution in [0, 0.1) is 13.8 Å². The average molecular weight is 427 g/mol. The van der Waals surface area contributed by atoms with Gasteiger partial charge >= 0.3 is 0 Å². The minimum absolute atomic E-state index is 0.0233. The van der Waals surface area contributed by atoms with Gasteiger partial charge in [0.1, 0.15) is 0 Å². The van der Waals surface area contributed by atoms with Crippen LogP contribution in [0.15, 0.2) is 40.7 Å². The maximum Gasteiger partial charge on any atom is 0.234 e. The van der Waals surface area contributed by atoms with Gasteiger partial charge in [-0.3, -0.25) is 4.79 Å². The molecule has 7 heteroatoms. The molecule has 5 nitrogen and oxygen atoms in total. The van der Waals surface area contributed by atoms with Crippen LogP contribution in [0.1, 0.15) is 36.1 Å². The smallest absolute Gasteiger partial charge is 0.234 e. The lowest BCUT2D eigenvalue weighted by atomic mass is 10.0. The summed E-state index contributed by atoms with van der Waals surface area (Å²) in [7, 11) is 0. The second-order valence-corrected chi connectivity index (χ2v) is 8.94. The summed E-state index contributed by atoms with van der Waals surface area (Å²) >= 11 is 2.86. The van der Waals surface area contributed by atoms with E-state index in [-0.39, 0.29) is 5.91 Å². The van der Waals surface area contributed by atoms with E-state index in [0.29, 0.717) is 5.75 Å². The largest absolute Gasteiger partial charge is 0.330 e. The number of hydrogen-bond donors (Lipinski definition) is 2. The molecule has 152 valence electrons. The molecule has 2 N–H and O–H groups in total. The Morgan fingerprint density at radius 2 is 1.72 bits per heavy atom. The third kappa shape index (κ3) is 5.36. The van der Waals surface area contributed by atoms with Crippen molar-refractivity contribution in [3.63, 3.8) is 0 Å². The van der Waals surface area contributed by atoms with Crippen molar-refractivity contribution in [1.29, 1.82) is 0 Å². The summed E-state index contributed by atoms with van der Waals surface area (Å²) in [5, 5.41) is 15.5. The monoisotopic (exact) mass is 426 g/mol. The number of amides is 1. The summed E-state index contributed by atoms with van der Waals surface area (Å²) in [4.78, 5) is 12.5. The van der Waals surface area contributed by atoms with Gasteiger partial charge in [0, 0.05) is 11.4 Å². The fourth-order valence-electron chi connectivity index (χ4n) is 3.03. The molecule has 0 atom stereocenters. The first-order valence-electron chi connectivity index (χ1n) is 9.72. The van der Waals surface area contributed by atoms with Gasteiger partial charge in [0.2, 0.25) is 11.0 Å². The van der Waals surface area contributed by atoms with Crippen LogP contribution in [0.25, 0.3) is 0 Å². The Bertz CT molecular complexity index is 978. The zero-order valence-corrected chi connectivity index (χ0v) is 18.8. The molecule has 2 aromatic carbocycles. The van der Waals surface area contributed by atoms with Crippen LogP contribution >= 0.6 is 23.1 Å². The maximum absolute atomic E-state index is 12.5. The Morgan fingerprint density at radius 1 is 1.03 bits per heavy atom. The quantitative estimate of drug-likeness (QED) is 0.449. The van der Waals surface area contributed by atoms with Crippen LogP contribution in [0.2, 0.25) is 0 Å². The van der Waals surface area contributed by atoms with Gasteiger partial charge in [0.05, 0.1) is 5.75 Å². The lowest BCUT2D eigenvalue weighted by Gasteiger charge is -2.14. The number of aryl methyl sites for hydroxylation is 3. The van der Waals surface area contributed by atoms with Gasteiger partial charge in [-0.25, -0.2) is 0 Å². The Balaban J connectivity index is 1.60. The van der Waals surface area contributed by atoms with Crippen LogP contribution in [-0.4, -0.2) is 21.9 Å². The van der Waals surface area contributed by atoms with E-state index in [4.69, 9.17) is 0 Å². The van der Waals surface area contributed by atoms with Crippen molar-refractivity contribution < 1.29 is 4.79 Å². The summed E-state index contributed by atoms with van der Waals surface area (Å²) in [6.07, 6.45) is 1.78. The highest BCUT2D eigenvalue weighted by Gasteiger charge is 2.13. The van der Waals surface area contributed by atoms with Gasteiger partial charge in [-0.2, -0.15) is 0 Å². The highest BCUT2D eigenvalue weighted by Crippen LogP contribution is 2.30. The molecule has 3 rings (SSSR count). The van der Waals surface area contributed by atoms with E-state index in [1.807, 2.05) is 18.2 Å². The number of nitrogens with zero attached hydrogens (tertiary/aromatic N) is 2. The molecule has 0 fully saturated rings. The molecule has 0 saturated carbocycles. The Kier molecular flexibility index (Phi) is 7.28. The molecule has 3 aromatic rings. The highest BCUT2D eigenvalue weighted by molar-refractivity contribution is 8.01. The van der Waals surface area contributed by atoms with E-state index < -0.39 is 0 Å². The number of anilines is 3. The predicted molar refractivity (Wildman–Crippen MR) is 124 cm³/mol. The van der Waals surface area contributed by atoms with E-state index in [2.05, 4.69) is 66.7 Å². The zero-order valence-electron chi connectivity index (χ0n) is 17.2. The summed E-state index contributed by atoms with van der Waals surface area (Å²) < 4.78 is 0.771. The number of rotatable bonds is 8. The molecule has 1 aromatic heterocycles. The number of para-hydroxylation sites is 1. The molecule has 0 aliphatic rings. The molecular weight excluding hydrogens is 400 g/mol. The molecule has 0 unspecified atom stereocenters. The fraction of sp³-hybridized carbons (Fsp3) is 0.318. The molecule has 0 aliphatic carbocycles. The van der Waals surface area contributed by atoms with E-state index >= 15 is 0 Å². The first kappa shape index (κ1) is 21.3. The van der Waals surface area contributed by atoms with Crippen LogP contribution < -0.4 is 10.6 Å². The van der Waals surface area contributed by atoms with E-state index in [1.165, 1.54) is 45.4 Å². The van der Waals surface area contributed by atoms with Crippen LogP contribution in [0.3, 0.4) is 0 Å². The normalized spacial score (nSPS) is 10.8. The number of thioether (sulfide) groups is 1. The molecule has 0 spiro atoms. The first-order chi connectivity index (χ1) is 14.0. The Labute approximate surface area is 180 Å². The zero-order chi connectivity index (χ0) is 20.8. The second-order valence-electron chi connectivity index (χ2n) is 6.74. The van der Waals surface area contributed by atoms with Crippen molar-refractivity contribution in [3.05, 3.63) is 58.7 Å². The van der Waals surface area contributed by atoms with Crippen molar-refractivity contribution in [3.8, 4) is 0 Å². The van der Waals surface area contributed by atoms with Gasteiger partial charge in [0.25, 0.3) is 0 Å². The molecule has 29 heavy (non-hydrogen) atoms. The molecule has 0 aliphatic heterocycles. The number of nitrogens with one attached hydrogen (secondary N) is 2. The molecule has 0 saturated heterocycles. The van der Waals surface area contributed by atoms with Crippen LogP contribution in [0.5, 0.6) is 0 Å². The fourth-order valence-corrected chi connectivity index (χ4v) is 4.59. The minimum Gasteiger partial charge on any atom is -0.330 e. The number of benzene rings is 2. The predicted octanol–water partition coefficient (Wildman–Crippen LogP) is 5.75. The van der Waals surface area contributed by atoms with Crippen molar-refractivity contribution in [2.75, 3.05) is 16.4 Å². The third-order valence-electron chi connectivity index (χ3n) is 4.84. The molecular formula is C22H26N4OS2. The summed E-state index contributed by atoms with van der Waals surface area (Å²) in [6.45, 7) is 8.37. The van der Waals surface area contributed by atoms with Crippen LogP contribution in [0.4, 0.5) is 16.5 Å². The van der Waals surface area contributed by atoms with Crippen molar-refractivity contribution in [1.82, 2.24) is 10.2 Å². The van der Waals surface area contributed by atoms with Crippen molar-refractivity contribution >= 4 is 45.5 Å². The molecule has 1 heterocycles. The summed E-state index contributed by atoms with van der Waals surface area (Å²) in [5.41, 5.74) is 6.73. The number of carbonyl (C=O) groups is 1. The van der Waals surface area contributed by atoms with Gasteiger partial charge < -0.3 is 10.6 Å². The first-order valence-corrected chi connectivity index (χ1v) is 11.5. The number of aromatic nitrogens is 2. The highest BCUT2D eigenvalue weighted by atomic mass is 32.2. The van der Waals surface area contributed by atoms with E-state index in [0.717, 1.165) is 33.7 Å². The second kappa shape index (κ2) is 9.89. The lowest BCUT2D eigenvalue weighted by molar-refractivity contribution is -0.113. The van der Waals surface area contributed by atoms with Gasteiger partial charge in [-0.05, 0) is 55.0 Å². The standard InChI is InChI=1S/C22H26N4OS2/c1-5-16-10-8-11-17(6-2)20(16)24-19(27)13-28-22-26-25-21(29-22)23-18-12-7-9-14(3)15(18)4/h7-12H,5-6,13H2,1-4H3,(H,23,25)(H,24,27). The minimum atomic E-state index is -0.0233. The van der Waals surface area contributed by atoms with Gasteiger partial charge in [-0.15, -0.1) is 10.2 Å². The van der Waals surface area contributed by atoms with E-state index in [9.17, 15) is 4.79 Å². The van der Waals surface area contributed by atoms with Gasteiger partial charge in [0.15, 0.2) is 4.34 Å². The third-order valence-corrected chi connectivity index (χ3v) is 6.81. The van der Waals surface area contributed by atoms with Crippen molar-refractivity contribution in [2.24, 2.45) is 0 Å².